The number of nitrogens with one attached hydrogen (secondary N) is 1. The third-order valence-corrected chi connectivity index (χ3v) is 3.08. The molecule has 1 aromatic carbocycles. The fourth-order valence-electron chi connectivity index (χ4n) is 1.92. The summed E-state index contributed by atoms with van der Waals surface area (Å²) < 4.78 is 13.0. The van der Waals surface area contributed by atoms with Crippen LogP contribution in [0.25, 0.3) is 0 Å². The molecule has 1 fully saturated rings. The molecule has 2 nitrogen and oxygen atoms in total. The highest BCUT2D eigenvalue weighted by atomic mass is 35.5. The van der Waals surface area contributed by atoms with Crippen molar-refractivity contribution in [3.05, 3.63) is 29.0 Å². The third kappa shape index (κ3) is 2.41. The number of halogens is 2. The van der Waals surface area contributed by atoms with Crippen molar-refractivity contribution in [3.8, 4) is 0 Å². The maximum atomic E-state index is 13.0. The van der Waals surface area contributed by atoms with Gasteiger partial charge in [0.15, 0.2) is 0 Å². The van der Waals surface area contributed by atoms with Gasteiger partial charge in [0.05, 0.1) is 22.9 Å². The smallest absolute Gasteiger partial charge is 0.125 e. The minimum absolute atomic E-state index is 0.00991. The van der Waals surface area contributed by atoms with E-state index >= 15 is 0 Å². The van der Waals surface area contributed by atoms with Crippen LogP contribution in [0.3, 0.4) is 0 Å². The summed E-state index contributed by atoms with van der Waals surface area (Å²) in [5, 5.41) is 13.2. The Balaban J connectivity index is 2.12. The van der Waals surface area contributed by atoms with E-state index in [1.807, 2.05) is 0 Å². The number of aliphatic hydroxyl groups is 1. The Labute approximate surface area is 93.1 Å². The lowest BCUT2D eigenvalue weighted by atomic mass is 10.2. The zero-order valence-corrected chi connectivity index (χ0v) is 8.97. The average molecular weight is 230 g/mol. The fraction of sp³-hybridized carbons (Fsp3) is 0.455. The van der Waals surface area contributed by atoms with E-state index in [0.29, 0.717) is 10.7 Å². The lowest BCUT2D eigenvalue weighted by Gasteiger charge is -2.18. The summed E-state index contributed by atoms with van der Waals surface area (Å²) in [4.78, 5) is 0. The van der Waals surface area contributed by atoms with Gasteiger partial charge in [-0.05, 0) is 37.5 Å². The van der Waals surface area contributed by atoms with Crippen LogP contribution in [0.5, 0.6) is 0 Å². The normalized spacial score (nSPS) is 25.5. The van der Waals surface area contributed by atoms with Crippen LogP contribution in [0.15, 0.2) is 18.2 Å². The highest BCUT2D eigenvalue weighted by molar-refractivity contribution is 6.33. The fourth-order valence-corrected chi connectivity index (χ4v) is 2.09. The Morgan fingerprint density at radius 2 is 2.20 bits per heavy atom. The van der Waals surface area contributed by atoms with Crippen molar-refractivity contribution < 1.29 is 9.50 Å². The second-order valence-electron chi connectivity index (χ2n) is 3.87. The lowest BCUT2D eigenvalue weighted by molar-refractivity contribution is 0.172. The second kappa shape index (κ2) is 4.37. The van der Waals surface area contributed by atoms with Gasteiger partial charge in [0.1, 0.15) is 5.82 Å². The number of hydrogen-bond donors (Lipinski definition) is 2. The third-order valence-electron chi connectivity index (χ3n) is 2.75. The minimum atomic E-state index is -0.357. The molecule has 2 atom stereocenters. The maximum Gasteiger partial charge on any atom is 0.125 e. The summed E-state index contributed by atoms with van der Waals surface area (Å²) in [5.74, 6) is -0.325. The molecule has 0 aliphatic heterocycles. The molecule has 2 N–H and O–H groups in total. The Kier molecular flexibility index (Phi) is 3.12. The van der Waals surface area contributed by atoms with E-state index in [4.69, 9.17) is 11.6 Å². The molecule has 0 unspecified atom stereocenters. The first-order chi connectivity index (χ1) is 7.16. The first kappa shape index (κ1) is 10.7. The molecule has 1 saturated carbocycles. The van der Waals surface area contributed by atoms with Crippen molar-refractivity contribution in [2.45, 2.75) is 31.4 Å². The van der Waals surface area contributed by atoms with Gasteiger partial charge in [0.25, 0.3) is 0 Å². The molecule has 0 amide bonds. The number of benzene rings is 1. The molecule has 0 aromatic heterocycles. The molecular formula is C11H13ClFNO. The molecule has 4 heteroatoms. The van der Waals surface area contributed by atoms with Gasteiger partial charge >= 0.3 is 0 Å². The van der Waals surface area contributed by atoms with Crippen molar-refractivity contribution in [2.24, 2.45) is 0 Å². The van der Waals surface area contributed by atoms with Gasteiger partial charge in [-0.25, -0.2) is 4.39 Å². The first-order valence-electron chi connectivity index (χ1n) is 5.06. The van der Waals surface area contributed by atoms with Crippen molar-refractivity contribution in [1.29, 1.82) is 0 Å². The van der Waals surface area contributed by atoms with Crippen molar-refractivity contribution in [3.63, 3.8) is 0 Å². The zero-order valence-electron chi connectivity index (χ0n) is 8.21. The van der Waals surface area contributed by atoms with E-state index in [1.54, 1.807) is 0 Å². The topological polar surface area (TPSA) is 32.3 Å². The van der Waals surface area contributed by atoms with Gasteiger partial charge < -0.3 is 10.4 Å². The molecule has 2 rings (SSSR count). The van der Waals surface area contributed by atoms with Crippen LogP contribution in [0, 0.1) is 5.82 Å². The van der Waals surface area contributed by atoms with E-state index in [-0.39, 0.29) is 18.0 Å². The van der Waals surface area contributed by atoms with Crippen LogP contribution in [0.1, 0.15) is 19.3 Å². The Hall–Kier alpha value is -0.800. The summed E-state index contributed by atoms with van der Waals surface area (Å²) in [6.07, 6.45) is 2.33. The van der Waals surface area contributed by atoms with Gasteiger partial charge in [0, 0.05) is 0 Å². The van der Waals surface area contributed by atoms with Gasteiger partial charge in [-0.2, -0.15) is 0 Å². The lowest BCUT2D eigenvalue weighted by Crippen LogP contribution is -2.28. The quantitative estimate of drug-likeness (QED) is 0.818. The summed E-state index contributed by atoms with van der Waals surface area (Å²) in [6, 6.07) is 4.18. The number of anilines is 1. The molecule has 82 valence electrons. The van der Waals surface area contributed by atoms with E-state index in [1.165, 1.54) is 18.2 Å². The van der Waals surface area contributed by atoms with Gasteiger partial charge in [-0.1, -0.05) is 11.6 Å². The highest BCUT2D eigenvalue weighted by Crippen LogP contribution is 2.27. The summed E-state index contributed by atoms with van der Waals surface area (Å²) in [7, 11) is 0. The van der Waals surface area contributed by atoms with E-state index in [0.717, 1.165) is 19.3 Å². The summed E-state index contributed by atoms with van der Waals surface area (Å²) in [5.41, 5.74) is 0.558. The van der Waals surface area contributed by atoms with Crippen LogP contribution in [0.2, 0.25) is 5.02 Å². The van der Waals surface area contributed by atoms with Crippen molar-refractivity contribution >= 4 is 17.3 Å². The zero-order chi connectivity index (χ0) is 10.8. The monoisotopic (exact) mass is 229 g/mol. The Morgan fingerprint density at radius 1 is 1.40 bits per heavy atom. The molecule has 1 aliphatic carbocycles. The maximum absolute atomic E-state index is 13.0. The molecular weight excluding hydrogens is 217 g/mol. The molecule has 1 aliphatic rings. The van der Waals surface area contributed by atoms with Gasteiger partial charge in [-0.3, -0.25) is 0 Å². The van der Waals surface area contributed by atoms with Crippen LogP contribution < -0.4 is 5.32 Å². The Morgan fingerprint density at radius 3 is 2.87 bits per heavy atom. The molecule has 0 bridgehead atoms. The predicted molar refractivity (Wildman–Crippen MR) is 58.7 cm³/mol. The van der Waals surface area contributed by atoms with Gasteiger partial charge in [0.2, 0.25) is 0 Å². The standard InChI is InChI=1S/C11H13ClFNO/c12-8-5-4-7(13)6-10(8)14-9-2-1-3-11(9)15/h4-6,9,11,14-15H,1-3H2/t9-,11-/m1/s1. The molecule has 0 saturated heterocycles. The van der Waals surface area contributed by atoms with Crippen LogP contribution >= 0.6 is 11.6 Å². The number of hydrogen-bond acceptors (Lipinski definition) is 2. The molecule has 0 spiro atoms. The summed E-state index contributed by atoms with van der Waals surface area (Å²) in [6.45, 7) is 0. The van der Waals surface area contributed by atoms with Crippen molar-refractivity contribution in [2.75, 3.05) is 5.32 Å². The molecule has 1 aromatic rings. The van der Waals surface area contributed by atoms with Crippen LogP contribution in [-0.2, 0) is 0 Å². The first-order valence-corrected chi connectivity index (χ1v) is 5.44. The molecule has 15 heavy (non-hydrogen) atoms. The van der Waals surface area contributed by atoms with E-state index < -0.39 is 0 Å². The largest absolute Gasteiger partial charge is 0.391 e. The van der Waals surface area contributed by atoms with E-state index in [9.17, 15) is 9.50 Å². The molecule has 0 heterocycles. The van der Waals surface area contributed by atoms with Gasteiger partial charge in [-0.15, -0.1) is 0 Å². The molecule has 0 radical (unpaired) electrons. The highest BCUT2D eigenvalue weighted by Gasteiger charge is 2.25. The average Bonchev–Trinajstić information content (AvgIpc) is 2.58. The van der Waals surface area contributed by atoms with Crippen LogP contribution in [0.4, 0.5) is 10.1 Å². The second-order valence-corrected chi connectivity index (χ2v) is 4.28. The number of rotatable bonds is 2. The number of aliphatic hydroxyl groups excluding tert-OH is 1. The van der Waals surface area contributed by atoms with Crippen LogP contribution in [-0.4, -0.2) is 17.3 Å². The summed E-state index contributed by atoms with van der Waals surface area (Å²) >= 11 is 5.91. The predicted octanol–water partition coefficient (Wildman–Crippen LogP) is 2.80. The van der Waals surface area contributed by atoms with Crippen molar-refractivity contribution in [1.82, 2.24) is 0 Å². The Bertz CT molecular complexity index is 358. The SMILES string of the molecule is O[C@@H]1CCC[C@H]1Nc1cc(F)ccc1Cl. The van der Waals surface area contributed by atoms with E-state index in [2.05, 4.69) is 5.32 Å². The minimum Gasteiger partial charge on any atom is -0.391 e.